The van der Waals surface area contributed by atoms with Crippen LogP contribution in [-0.2, 0) is 35.7 Å². The quantitative estimate of drug-likeness (QED) is 0.142. The third kappa shape index (κ3) is 7.91. The second kappa shape index (κ2) is 13.8. The molecule has 5 aromatic rings. The van der Waals surface area contributed by atoms with Crippen molar-refractivity contribution in [1.29, 1.82) is 0 Å². The third-order valence-electron chi connectivity index (χ3n) is 9.09. The number of carbonyl (C=O) groups is 1. The molecule has 49 heavy (non-hydrogen) atoms. The SMILES string of the molecule is CC(C)(C)OC(=O)c1ccc2nc(CN3CCC(c4cccc(OCc5ccc6cn(CC(F)F)nc6c5)n4)CC3)n(C[C@@H]3CCO3)c2c1. The van der Waals surface area contributed by atoms with Gasteiger partial charge in [0.25, 0.3) is 6.43 Å². The summed E-state index contributed by atoms with van der Waals surface area (Å²) in [5.41, 5.74) is 4.30. The molecule has 0 N–H and O–H groups in total. The molecule has 1 atom stereocenters. The lowest BCUT2D eigenvalue weighted by Crippen LogP contribution is -2.35. The molecule has 7 rings (SSSR count). The number of benzene rings is 2. The molecule has 10 nitrogen and oxygen atoms in total. The van der Waals surface area contributed by atoms with Crippen LogP contribution < -0.4 is 4.74 Å². The van der Waals surface area contributed by atoms with Gasteiger partial charge in [-0.1, -0.05) is 18.2 Å². The molecule has 258 valence electrons. The molecule has 0 amide bonds. The lowest BCUT2D eigenvalue weighted by molar-refractivity contribution is -0.0592. The van der Waals surface area contributed by atoms with Gasteiger partial charge < -0.3 is 18.8 Å². The number of imidazole rings is 1. The fourth-order valence-electron chi connectivity index (χ4n) is 6.51. The summed E-state index contributed by atoms with van der Waals surface area (Å²) >= 11 is 0. The molecule has 2 saturated heterocycles. The van der Waals surface area contributed by atoms with Crippen molar-refractivity contribution in [3.8, 4) is 5.88 Å². The maximum absolute atomic E-state index is 12.8. The zero-order valence-electron chi connectivity index (χ0n) is 28.1. The van der Waals surface area contributed by atoms with Crippen LogP contribution in [0.2, 0.25) is 0 Å². The number of alkyl halides is 2. The fourth-order valence-corrected chi connectivity index (χ4v) is 6.51. The number of ether oxygens (including phenoxy) is 3. The van der Waals surface area contributed by atoms with Crippen molar-refractivity contribution in [2.75, 3.05) is 19.7 Å². The first-order chi connectivity index (χ1) is 23.6. The average molecular weight is 673 g/mol. The van der Waals surface area contributed by atoms with Crippen LogP contribution in [-0.4, -0.2) is 73.0 Å². The normalized spacial score (nSPS) is 17.6. The number of rotatable bonds is 11. The van der Waals surface area contributed by atoms with Crippen molar-refractivity contribution in [2.45, 2.75) is 90.3 Å². The molecule has 2 aliphatic heterocycles. The second-order valence-electron chi connectivity index (χ2n) is 14.0. The molecule has 2 aromatic carbocycles. The predicted octanol–water partition coefficient (Wildman–Crippen LogP) is 6.75. The summed E-state index contributed by atoms with van der Waals surface area (Å²) in [6.45, 7) is 9.48. The van der Waals surface area contributed by atoms with Crippen LogP contribution in [0.4, 0.5) is 8.78 Å². The molecule has 0 bridgehead atoms. The predicted molar refractivity (Wildman–Crippen MR) is 181 cm³/mol. The zero-order valence-corrected chi connectivity index (χ0v) is 28.1. The van der Waals surface area contributed by atoms with E-state index in [-0.39, 0.29) is 12.1 Å². The standard InChI is InChI=1S/C37H42F2N6O4/c1-37(2,3)49-36(46)26-9-10-30-32(18-26)45(20-28-13-16-47-28)34(40-30)22-43-14-11-25(12-15-43)29-5-4-6-35(41-29)48-23-24-7-8-27-19-44(21-33(38)39)42-31(27)17-24/h4-10,17-19,25,28,33H,11-16,20-23H2,1-3H3/t28-/m0/s1. The van der Waals surface area contributed by atoms with Crippen molar-refractivity contribution in [2.24, 2.45) is 0 Å². The molecule has 12 heteroatoms. The Kier molecular flexibility index (Phi) is 9.34. The van der Waals surface area contributed by atoms with E-state index in [1.165, 1.54) is 4.68 Å². The van der Waals surface area contributed by atoms with Gasteiger partial charge in [-0.3, -0.25) is 9.58 Å². The Bertz CT molecular complexity index is 1940. The highest BCUT2D eigenvalue weighted by molar-refractivity contribution is 5.94. The van der Waals surface area contributed by atoms with Crippen LogP contribution in [0.1, 0.15) is 73.4 Å². The van der Waals surface area contributed by atoms with Crippen LogP contribution in [0.3, 0.4) is 0 Å². The van der Waals surface area contributed by atoms with E-state index in [0.717, 1.165) is 72.5 Å². The largest absolute Gasteiger partial charge is 0.473 e. The number of likely N-dealkylation sites (tertiary alicyclic amines) is 1. The molecule has 0 spiro atoms. The number of esters is 1. The van der Waals surface area contributed by atoms with Crippen LogP contribution in [0, 0.1) is 0 Å². The number of nitrogens with zero attached hydrogens (tertiary/aromatic N) is 6. The molecule has 5 heterocycles. The molecule has 0 saturated carbocycles. The lowest BCUT2D eigenvalue weighted by Gasteiger charge is -2.32. The van der Waals surface area contributed by atoms with Crippen molar-refractivity contribution in [3.05, 3.63) is 83.4 Å². The highest BCUT2D eigenvalue weighted by Gasteiger charge is 2.27. The van der Waals surface area contributed by atoms with Gasteiger partial charge in [0.05, 0.1) is 41.3 Å². The molecular formula is C37H42F2N6O4. The van der Waals surface area contributed by atoms with Crippen LogP contribution in [0.25, 0.3) is 21.9 Å². The number of hydrogen-bond donors (Lipinski definition) is 0. The Morgan fingerprint density at radius 3 is 2.57 bits per heavy atom. The van der Waals surface area contributed by atoms with E-state index >= 15 is 0 Å². The van der Waals surface area contributed by atoms with Crippen molar-refractivity contribution in [1.82, 2.24) is 29.2 Å². The van der Waals surface area contributed by atoms with Gasteiger partial charge in [-0.15, -0.1) is 0 Å². The Hall–Kier alpha value is -4.42. The van der Waals surface area contributed by atoms with E-state index < -0.39 is 18.6 Å². The van der Waals surface area contributed by atoms with Gasteiger partial charge in [0, 0.05) is 35.9 Å². The van der Waals surface area contributed by atoms with Gasteiger partial charge in [-0.25, -0.2) is 23.5 Å². The van der Waals surface area contributed by atoms with E-state index in [1.807, 2.05) is 63.2 Å². The first kappa shape index (κ1) is 33.1. The van der Waals surface area contributed by atoms with E-state index in [9.17, 15) is 13.6 Å². The van der Waals surface area contributed by atoms with E-state index in [0.29, 0.717) is 42.6 Å². The van der Waals surface area contributed by atoms with Crippen LogP contribution in [0.15, 0.2) is 60.8 Å². The van der Waals surface area contributed by atoms with Gasteiger partial charge >= 0.3 is 5.97 Å². The molecule has 0 aliphatic carbocycles. The van der Waals surface area contributed by atoms with Gasteiger partial charge in [-0.2, -0.15) is 5.10 Å². The Morgan fingerprint density at radius 1 is 1.02 bits per heavy atom. The monoisotopic (exact) mass is 672 g/mol. The minimum atomic E-state index is -2.45. The zero-order chi connectivity index (χ0) is 34.1. The maximum Gasteiger partial charge on any atom is 0.338 e. The molecule has 3 aromatic heterocycles. The molecule has 2 aliphatic rings. The molecule has 2 fully saturated rings. The molecule has 0 radical (unpaired) electrons. The van der Waals surface area contributed by atoms with Crippen molar-refractivity contribution >= 4 is 27.9 Å². The molecule has 0 unspecified atom stereocenters. The summed E-state index contributed by atoms with van der Waals surface area (Å²) in [6.07, 6.45) is 2.26. The number of halogens is 2. The van der Waals surface area contributed by atoms with E-state index in [2.05, 4.69) is 20.6 Å². The summed E-state index contributed by atoms with van der Waals surface area (Å²) in [6, 6.07) is 17.2. The number of aromatic nitrogens is 5. The lowest BCUT2D eigenvalue weighted by atomic mass is 9.93. The second-order valence-corrected chi connectivity index (χ2v) is 14.0. The highest BCUT2D eigenvalue weighted by Crippen LogP contribution is 2.30. The Morgan fingerprint density at radius 2 is 1.84 bits per heavy atom. The van der Waals surface area contributed by atoms with Gasteiger partial charge in [-0.05, 0) is 89.0 Å². The van der Waals surface area contributed by atoms with Gasteiger partial charge in [0.15, 0.2) is 0 Å². The van der Waals surface area contributed by atoms with Crippen molar-refractivity contribution in [3.63, 3.8) is 0 Å². The van der Waals surface area contributed by atoms with Crippen LogP contribution in [0.5, 0.6) is 5.88 Å². The third-order valence-corrected chi connectivity index (χ3v) is 9.09. The Balaban J connectivity index is 0.985. The minimum absolute atomic E-state index is 0.145. The summed E-state index contributed by atoms with van der Waals surface area (Å²) < 4.78 is 46.5. The fraction of sp³-hybridized carbons (Fsp3) is 0.459. The number of hydrogen-bond acceptors (Lipinski definition) is 8. The first-order valence-electron chi connectivity index (χ1n) is 17.0. The van der Waals surface area contributed by atoms with Gasteiger partial charge in [0.1, 0.15) is 24.6 Å². The number of carbonyl (C=O) groups excluding carboxylic acids is 1. The summed E-state index contributed by atoms with van der Waals surface area (Å²) in [5.74, 6) is 1.50. The van der Waals surface area contributed by atoms with E-state index in [4.69, 9.17) is 24.2 Å². The topological polar surface area (TPSA) is 96.5 Å². The number of piperidine rings is 1. The molecular weight excluding hydrogens is 630 g/mol. The number of fused-ring (bicyclic) bond motifs is 2. The summed E-state index contributed by atoms with van der Waals surface area (Å²) in [4.78, 5) is 25.1. The van der Waals surface area contributed by atoms with E-state index in [1.54, 1.807) is 12.3 Å². The summed E-state index contributed by atoms with van der Waals surface area (Å²) in [7, 11) is 0. The Labute approximate surface area is 284 Å². The smallest absolute Gasteiger partial charge is 0.338 e. The minimum Gasteiger partial charge on any atom is -0.473 e. The van der Waals surface area contributed by atoms with Crippen LogP contribution >= 0.6 is 0 Å². The first-order valence-corrected chi connectivity index (χ1v) is 17.0. The average Bonchev–Trinajstić information content (AvgIpc) is 3.60. The summed E-state index contributed by atoms with van der Waals surface area (Å²) in [5, 5.41) is 5.08. The van der Waals surface area contributed by atoms with Gasteiger partial charge in [0.2, 0.25) is 5.88 Å². The maximum atomic E-state index is 12.8. The number of pyridine rings is 1. The van der Waals surface area contributed by atoms with Crippen molar-refractivity contribution < 1.29 is 27.8 Å². The highest BCUT2D eigenvalue weighted by atomic mass is 19.3.